The number of anilines is 1. The molecule has 2 aromatic rings. The summed E-state index contributed by atoms with van der Waals surface area (Å²) in [4.78, 5) is 38.1. The molecule has 0 aliphatic carbocycles. The largest absolute Gasteiger partial charge is 0.496 e. The number of hydrogen-bond acceptors (Lipinski definition) is 8. The van der Waals surface area contributed by atoms with E-state index in [1.165, 1.54) is 14.2 Å². The molecule has 0 saturated heterocycles. The molecule has 0 spiro atoms. The number of hydrogen-bond donors (Lipinski definition) is 2. The average Bonchev–Trinajstić information content (AvgIpc) is 2.87. The van der Waals surface area contributed by atoms with Crippen molar-refractivity contribution in [2.75, 3.05) is 31.9 Å². The molecule has 3 rings (SSSR count). The van der Waals surface area contributed by atoms with Crippen molar-refractivity contribution in [3.63, 3.8) is 0 Å². The fourth-order valence-electron chi connectivity index (χ4n) is 3.69. The van der Waals surface area contributed by atoms with Gasteiger partial charge in [-0.05, 0) is 64.8 Å². The van der Waals surface area contributed by atoms with Gasteiger partial charge in [0.05, 0.1) is 47.7 Å². The number of rotatable bonds is 9. The van der Waals surface area contributed by atoms with Crippen molar-refractivity contribution in [2.45, 2.75) is 12.8 Å². The van der Waals surface area contributed by atoms with Gasteiger partial charge < -0.3 is 24.8 Å². The van der Waals surface area contributed by atoms with Gasteiger partial charge in [0.25, 0.3) is 0 Å². The van der Waals surface area contributed by atoms with E-state index in [4.69, 9.17) is 14.2 Å². The maximum absolute atomic E-state index is 13.0. The van der Waals surface area contributed by atoms with Crippen LogP contribution in [0.4, 0.5) is 5.69 Å². The van der Waals surface area contributed by atoms with Gasteiger partial charge in [0, 0.05) is 11.6 Å². The first-order valence-electron chi connectivity index (χ1n) is 10.8. The molecule has 0 fully saturated rings. The number of thioether (sulfide) groups is 1. The maximum Gasteiger partial charge on any atom is 0.319 e. The van der Waals surface area contributed by atoms with E-state index in [9.17, 15) is 19.6 Å². The Morgan fingerprint density at radius 1 is 1.19 bits per heavy atom. The van der Waals surface area contributed by atoms with Crippen LogP contribution in [0.5, 0.6) is 11.5 Å². The van der Waals surface area contributed by atoms with E-state index < -0.39 is 23.7 Å². The van der Waals surface area contributed by atoms with Gasteiger partial charge in [-0.15, -0.1) is 0 Å². The summed E-state index contributed by atoms with van der Waals surface area (Å²) in [6.45, 7) is 2.42. The first-order valence-corrected chi connectivity index (χ1v) is 12.6. The third-order valence-electron chi connectivity index (χ3n) is 5.32. The molecule has 1 heterocycles. The van der Waals surface area contributed by atoms with E-state index in [-0.39, 0.29) is 22.3 Å². The number of nitriles is 1. The van der Waals surface area contributed by atoms with Gasteiger partial charge >= 0.3 is 5.97 Å². The van der Waals surface area contributed by atoms with Gasteiger partial charge in [-0.1, -0.05) is 17.8 Å². The molecule has 36 heavy (non-hydrogen) atoms. The third kappa shape index (κ3) is 6.19. The monoisotopic (exact) mass is 573 g/mol. The predicted octanol–water partition coefficient (Wildman–Crippen LogP) is 3.97. The molecule has 0 radical (unpaired) electrons. The maximum atomic E-state index is 13.0. The lowest BCUT2D eigenvalue weighted by Crippen LogP contribution is -2.44. The Balaban J connectivity index is 1.86. The van der Waals surface area contributed by atoms with Crippen LogP contribution in [0.1, 0.15) is 18.4 Å². The Morgan fingerprint density at radius 3 is 2.50 bits per heavy atom. The molecule has 1 aliphatic heterocycles. The van der Waals surface area contributed by atoms with Crippen LogP contribution in [0, 0.1) is 17.2 Å². The Hall–Kier alpha value is -3.49. The third-order valence-corrected chi connectivity index (χ3v) is 6.95. The van der Waals surface area contributed by atoms with E-state index in [2.05, 4.69) is 32.6 Å². The first-order chi connectivity index (χ1) is 17.3. The van der Waals surface area contributed by atoms with Gasteiger partial charge in [0.15, 0.2) is 0 Å². The normalized spacial score (nSPS) is 17.0. The first kappa shape index (κ1) is 27.1. The average molecular weight is 574 g/mol. The molecular formula is C25H24BrN3O6S. The summed E-state index contributed by atoms with van der Waals surface area (Å²) in [5.74, 6) is -2.73. The lowest BCUT2D eigenvalue weighted by Gasteiger charge is -2.31. The second-order valence-electron chi connectivity index (χ2n) is 7.51. The molecule has 2 amide bonds. The summed E-state index contributed by atoms with van der Waals surface area (Å²) in [6.07, 6.45) is 0. The minimum atomic E-state index is -1.27. The van der Waals surface area contributed by atoms with E-state index in [0.717, 1.165) is 11.8 Å². The topological polar surface area (TPSA) is 127 Å². The van der Waals surface area contributed by atoms with Gasteiger partial charge in [-0.3, -0.25) is 14.4 Å². The van der Waals surface area contributed by atoms with E-state index >= 15 is 0 Å². The zero-order valence-electron chi connectivity index (χ0n) is 19.8. The molecule has 1 aliphatic rings. The Morgan fingerprint density at radius 2 is 1.92 bits per heavy atom. The molecule has 2 atom stereocenters. The number of nitrogens with one attached hydrogen (secondary N) is 2. The van der Waals surface area contributed by atoms with Crippen LogP contribution in [0.15, 0.2) is 57.5 Å². The van der Waals surface area contributed by atoms with Crippen LogP contribution in [0.2, 0.25) is 0 Å². The minimum Gasteiger partial charge on any atom is -0.496 e. The Kier molecular flexibility index (Phi) is 9.38. The van der Waals surface area contributed by atoms with Crippen molar-refractivity contribution in [2.24, 2.45) is 5.92 Å². The molecule has 9 nitrogen and oxygen atoms in total. The lowest BCUT2D eigenvalue weighted by atomic mass is 9.78. The van der Waals surface area contributed by atoms with Crippen LogP contribution in [0.3, 0.4) is 0 Å². The summed E-state index contributed by atoms with van der Waals surface area (Å²) >= 11 is 4.41. The van der Waals surface area contributed by atoms with Gasteiger partial charge in [-0.2, -0.15) is 5.26 Å². The highest BCUT2D eigenvalue weighted by Crippen LogP contribution is 2.42. The molecule has 11 heteroatoms. The van der Waals surface area contributed by atoms with Crippen molar-refractivity contribution in [3.8, 4) is 17.6 Å². The van der Waals surface area contributed by atoms with Crippen molar-refractivity contribution in [1.82, 2.24) is 5.32 Å². The van der Waals surface area contributed by atoms with Crippen LogP contribution >= 0.6 is 27.7 Å². The number of methoxy groups -OCH3 is 2. The Labute approximate surface area is 221 Å². The fourth-order valence-corrected chi connectivity index (χ4v) is 5.10. The highest BCUT2D eigenvalue weighted by molar-refractivity contribution is 9.10. The number of esters is 1. The van der Waals surface area contributed by atoms with Crippen LogP contribution in [-0.2, 0) is 19.1 Å². The van der Waals surface area contributed by atoms with Crippen LogP contribution in [-0.4, -0.2) is 44.4 Å². The van der Waals surface area contributed by atoms with E-state index in [1.54, 1.807) is 42.5 Å². The molecule has 2 aromatic carbocycles. The number of ether oxygens (including phenoxy) is 3. The van der Waals surface area contributed by atoms with Crippen molar-refractivity contribution in [3.05, 3.63) is 63.1 Å². The zero-order valence-corrected chi connectivity index (χ0v) is 22.2. The molecular weight excluding hydrogens is 550 g/mol. The van der Waals surface area contributed by atoms with Crippen LogP contribution in [0.25, 0.3) is 0 Å². The Bertz CT molecular complexity index is 1230. The standard InChI is InChI=1S/C25H24BrN3O6S/c1-4-35-16-8-6-15(7-9-16)28-20(30)13-36-24-17(12-27)21(22(23(31)29-24)25(32)34-3)14-5-10-19(33-2)18(26)11-14/h5-11,21-22H,4,13H2,1-3H3,(H,28,30)(H,29,31)/t21-,22-/m1/s1. The summed E-state index contributed by atoms with van der Waals surface area (Å²) in [5.41, 5.74) is 1.28. The van der Waals surface area contributed by atoms with E-state index in [0.29, 0.717) is 33.8 Å². The van der Waals surface area contributed by atoms with Gasteiger partial charge in [0.1, 0.15) is 17.4 Å². The van der Waals surface area contributed by atoms with Crippen molar-refractivity contribution in [1.29, 1.82) is 5.26 Å². The summed E-state index contributed by atoms with van der Waals surface area (Å²) in [7, 11) is 2.70. The molecule has 2 N–H and O–H groups in total. The molecule has 0 unspecified atom stereocenters. The predicted molar refractivity (Wildman–Crippen MR) is 138 cm³/mol. The summed E-state index contributed by atoms with van der Waals surface area (Å²) in [5, 5.41) is 15.6. The summed E-state index contributed by atoms with van der Waals surface area (Å²) in [6, 6.07) is 14.1. The van der Waals surface area contributed by atoms with E-state index in [1.807, 2.05) is 6.92 Å². The van der Waals surface area contributed by atoms with Crippen molar-refractivity contribution >= 4 is 51.2 Å². The minimum absolute atomic E-state index is 0.0735. The number of benzene rings is 2. The zero-order chi connectivity index (χ0) is 26.2. The molecule has 0 aromatic heterocycles. The molecule has 188 valence electrons. The highest BCUT2D eigenvalue weighted by atomic mass is 79.9. The number of nitrogens with zero attached hydrogens (tertiary/aromatic N) is 1. The number of allylic oxidation sites excluding steroid dienone is 1. The number of carbonyl (C=O) groups excluding carboxylic acids is 3. The number of amides is 2. The smallest absolute Gasteiger partial charge is 0.319 e. The van der Waals surface area contributed by atoms with Gasteiger partial charge in [-0.25, -0.2) is 0 Å². The molecule has 0 saturated carbocycles. The fraction of sp³-hybridized carbons (Fsp3) is 0.280. The SMILES string of the molecule is CCOc1ccc(NC(=O)CSC2=C(C#N)[C@@H](c3ccc(OC)c(Br)c3)[C@@H](C(=O)OC)C(=O)N2)cc1. The second kappa shape index (κ2) is 12.5. The van der Waals surface area contributed by atoms with Crippen molar-refractivity contribution < 1.29 is 28.6 Å². The van der Waals surface area contributed by atoms with Crippen LogP contribution < -0.4 is 20.1 Å². The van der Waals surface area contributed by atoms with Gasteiger partial charge in [0.2, 0.25) is 11.8 Å². The molecule has 0 bridgehead atoms. The number of carbonyl (C=O) groups is 3. The highest BCUT2D eigenvalue weighted by Gasteiger charge is 2.44. The lowest BCUT2D eigenvalue weighted by molar-refractivity contribution is -0.150. The number of halogens is 1. The summed E-state index contributed by atoms with van der Waals surface area (Å²) < 4.78 is 16.1. The second-order valence-corrected chi connectivity index (χ2v) is 9.35. The quantitative estimate of drug-likeness (QED) is 0.341.